The Bertz CT molecular complexity index is 823. The van der Waals surface area contributed by atoms with Crippen LogP contribution in [0.3, 0.4) is 0 Å². The minimum atomic E-state index is -0.627. The van der Waals surface area contributed by atoms with E-state index in [9.17, 15) is 4.79 Å². The van der Waals surface area contributed by atoms with Crippen LogP contribution in [0.1, 0.15) is 70.4 Å². The lowest BCUT2D eigenvalue weighted by Crippen LogP contribution is -2.30. The van der Waals surface area contributed by atoms with E-state index in [1.54, 1.807) is 25.1 Å². The van der Waals surface area contributed by atoms with Crippen molar-refractivity contribution in [3.05, 3.63) is 52.5 Å². The smallest absolute Gasteiger partial charge is 0.265 e. The van der Waals surface area contributed by atoms with Crippen molar-refractivity contribution >= 4 is 28.9 Å². The zero-order valence-corrected chi connectivity index (χ0v) is 19.2. The minimum Gasteiger partial charge on any atom is -0.481 e. The molecule has 0 aliphatic rings. The first kappa shape index (κ1) is 24.1. The van der Waals surface area contributed by atoms with Gasteiger partial charge in [-0.15, -0.1) is 0 Å². The summed E-state index contributed by atoms with van der Waals surface area (Å²) < 4.78 is 6.08. The van der Waals surface area contributed by atoms with Gasteiger partial charge in [0.1, 0.15) is 5.75 Å². The number of benzene rings is 2. The topological polar surface area (TPSA) is 64.3 Å². The third-order valence-electron chi connectivity index (χ3n) is 5.18. The number of hydrogen-bond donors (Lipinski definition) is 2. The average molecular weight is 431 g/mol. The average Bonchev–Trinajstić information content (AvgIpc) is 2.72. The number of nitrogens with two attached hydrogens (primary N) is 1. The number of unbranched alkanes of at least 4 members (excludes halogenated alkanes) is 4. The van der Waals surface area contributed by atoms with Crippen molar-refractivity contribution in [2.24, 2.45) is 0 Å². The molecule has 4 nitrogen and oxygen atoms in total. The molecule has 1 unspecified atom stereocenters. The summed E-state index contributed by atoms with van der Waals surface area (Å²) in [6, 6.07) is 11.4. The van der Waals surface area contributed by atoms with Gasteiger partial charge in [0, 0.05) is 5.69 Å². The third kappa shape index (κ3) is 7.56. The molecule has 0 saturated carbocycles. The van der Waals surface area contributed by atoms with Crippen LogP contribution in [0.15, 0.2) is 36.4 Å². The highest BCUT2D eigenvalue weighted by atomic mass is 35.5. The second-order valence-corrected chi connectivity index (χ2v) is 8.25. The molecule has 2 aromatic carbocycles. The predicted molar refractivity (Wildman–Crippen MR) is 127 cm³/mol. The van der Waals surface area contributed by atoms with Crippen molar-refractivity contribution in [2.45, 2.75) is 78.2 Å². The van der Waals surface area contributed by atoms with Crippen LogP contribution in [0.4, 0.5) is 11.4 Å². The van der Waals surface area contributed by atoms with E-state index in [0.717, 1.165) is 25.0 Å². The standard InChI is InChI=1S/C25H35ClN2O2/c1-4-6-8-10-19-12-15-24(20(16-19)11-9-7-5-2)30-18(3)25(29)28-21-13-14-22(26)23(27)17-21/h12-18H,4-11,27H2,1-3H3,(H,28,29). The summed E-state index contributed by atoms with van der Waals surface area (Å²) in [5, 5.41) is 3.31. The van der Waals surface area contributed by atoms with Gasteiger partial charge in [-0.3, -0.25) is 4.79 Å². The highest BCUT2D eigenvalue weighted by Crippen LogP contribution is 2.26. The molecule has 0 fully saturated rings. The molecule has 3 N–H and O–H groups in total. The zero-order valence-electron chi connectivity index (χ0n) is 18.5. The van der Waals surface area contributed by atoms with E-state index in [1.807, 2.05) is 6.07 Å². The van der Waals surface area contributed by atoms with Crippen LogP contribution in [-0.2, 0) is 17.6 Å². The molecule has 0 saturated heterocycles. The maximum absolute atomic E-state index is 12.6. The summed E-state index contributed by atoms with van der Waals surface area (Å²) in [4.78, 5) is 12.6. The maximum Gasteiger partial charge on any atom is 0.265 e. The Labute approximate surface area is 186 Å². The van der Waals surface area contributed by atoms with E-state index in [4.69, 9.17) is 22.1 Å². The highest BCUT2D eigenvalue weighted by molar-refractivity contribution is 6.33. The number of rotatable bonds is 12. The maximum atomic E-state index is 12.6. The van der Waals surface area contributed by atoms with Gasteiger partial charge in [-0.1, -0.05) is 63.3 Å². The van der Waals surface area contributed by atoms with Crippen LogP contribution >= 0.6 is 11.6 Å². The van der Waals surface area contributed by atoms with Crippen LogP contribution in [0.2, 0.25) is 5.02 Å². The number of carbonyl (C=O) groups excluding carboxylic acids is 1. The SMILES string of the molecule is CCCCCc1ccc(OC(C)C(=O)Nc2ccc(Cl)c(N)c2)c(CCCCC)c1. The fourth-order valence-corrected chi connectivity index (χ4v) is 3.47. The number of amides is 1. The molecule has 0 bridgehead atoms. The normalized spacial score (nSPS) is 11.9. The van der Waals surface area contributed by atoms with Gasteiger partial charge < -0.3 is 15.8 Å². The van der Waals surface area contributed by atoms with Gasteiger partial charge in [-0.25, -0.2) is 0 Å². The van der Waals surface area contributed by atoms with Gasteiger partial charge in [0.05, 0.1) is 10.7 Å². The Morgan fingerprint density at radius 1 is 1.03 bits per heavy atom. The van der Waals surface area contributed by atoms with Gasteiger partial charge >= 0.3 is 0 Å². The molecule has 0 spiro atoms. The van der Waals surface area contributed by atoms with Crippen LogP contribution in [-0.4, -0.2) is 12.0 Å². The van der Waals surface area contributed by atoms with E-state index in [-0.39, 0.29) is 5.91 Å². The number of halogens is 1. The summed E-state index contributed by atoms with van der Waals surface area (Å²) in [5.74, 6) is 0.576. The summed E-state index contributed by atoms with van der Waals surface area (Å²) in [6.45, 7) is 6.19. The Morgan fingerprint density at radius 3 is 2.40 bits per heavy atom. The number of hydrogen-bond acceptors (Lipinski definition) is 3. The molecule has 1 atom stereocenters. The third-order valence-corrected chi connectivity index (χ3v) is 5.52. The molecule has 164 valence electrons. The fraction of sp³-hybridized carbons (Fsp3) is 0.480. The molecule has 1 amide bonds. The van der Waals surface area contributed by atoms with Crippen molar-refractivity contribution in [2.75, 3.05) is 11.1 Å². The van der Waals surface area contributed by atoms with E-state index >= 15 is 0 Å². The molecule has 0 aliphatic heterocycles. The Balaban J connectivity index is 2.07. The number of aryl methyl sites for hydroxylation is 2. The first-order chi connectivity index (χ1) is 14.4. The molecule has 0 heterocycles. The first-order valence-corrected chi connectivity index (χ1v) is 11.5. The van der Waals surface area contributed by atoms with E-state index in [2.05, 4.69) is 31.3 Å². The lowest BCUT2D eigenvalue weighted by molar-refractivity contribution is -0.122. The van der Waals surface area contributed by atoms with Gasteiger partial charge in [-0.2, -0.15) is 0 Å². The Morgan fingerprint density at radius 2 is 1.73 bits per heavy atom. The molecule has 0 radical (unpaired) electrons. The van der Waals surface area contributed by atoms with E-state index in [1.165, 1.54) is 43.2 Å². The molecule has 0 aliphatic carbocycles. The van der Waals surface area contributed by atoms with Gasteiger partial charge in [-0.05, 0) is 68.0 Å². The Kier molecular flexibility index (Phi) is 10.0. The van der Waals surface area contributed by atoms with Crippen molar-refractivity contribution < 1.29 is 9.53 Å². The Hall–Kier alpha value is -2.20. The molecular weight excluding hydrogens is 396 g/mol. The quantitative estimate of drug-likeness (QED) is 0.287. The molecule has 2 aromatic rings. The lowest BCUT2D eigenvalue weighted by atomic mass is 10.00. The second-order valence-electron chi connectivity index (χ2n) is 7.84. The van der Waals surface area contributed by atoms with Gasteiger partial charge in [0.2, 0.25) is 0 Å². The van der Waals surface area contributed by atoms with Gasteiger partial charge in [0.15, 0.2) is 6.10 Å². The summed E-state index contributed by atoms with van der Waals surface area (Å²) in [5.41, 5.74) is 9.38. The number of ether oxygens (including phenoxy) is 1. The predicted octanol–water partition coefficient (Wildman–Crippen LogP) is 6.79. The molecule has 0 aromatic heterocycles. The van der Waals surface area contributed by atoms with Crippen molar-refractivity contribution in [3.63, 3.8) is 0 Å². The summed E-state index contributed by atoms with van der Waals surface area (Å²) >= 11 is 5.95. The number of anilines is 2. The molecule has 2 rings (SSSR count). The molecular formula is C25H35ClN2O2. The van der Waals surface area contributed by atoms with Crippen LogP contribution in [0.25, 0.3) is 0 Å². The second kappa shape index (κ2) is 12.5. The highest BCUT2D eigenvalue weighted by Gasteiger charge is 2.17. The number of nitrogen functional groups attached to an aromatic ring is 1. The van der Waals surface area contributed by atoms with Crippen molar-refractivity contribution in [1.29, 1.82) is 0 Å². The first-order valence-electron chi connectivity index (χ1n) is 11.1. The van der Waals surface area contributed by atoms with E-state index < -0.39 is 6.10 Å². The zero-order chi connectivity index (χ0) is 21.9. The van der Waals surface area contributed by atoms with Crippen molar-refractivity contribution in [3.8, 4) is 5.75 Å². The van der Waals surface area contributed by atoms with Crippen molar-refractivity contribution in [1.82, 2.24) is 0 Å². The number of carbonyl (C=O) groups is 1. The molecule has 30 heavy (non-hydrogen) atoms. The van der Waals surface area contributed by atoms with Gasteiger partial charge in [0.25, 0.3) is 5.91 Å². The van der Waals surface area contributed by atoms with Crippen LogP contribution < -0.4 is 15.8 Å². The number of nitrogens with one attached hydrogen (secondary N) is 1. The lowest BCUT2D eigenvalue weighted by Gasteiger charge is -2.18. The fourth-order valence-electron chi connectivity index (χ4n) is 3.35. The van der Waals surface area contributed by atoms with Crippen LogP contribution in [0, 0.1) is 0 Å². The summed E-state index contributed by atoms with van der Waals surface area (Å²) in [7, 11) is 0. The monoisotopic (exact) mass is 430 g/mol. The van der Waals surface area contributed by atoms with Crippen LogP contribution in [0.5, 0.6) is 5.75 Å². The minimum absolute atomic E-state index is 0.219. The molecule has 5 heteroatoms. The largest absolute Gasteiger partial charge is 0.481 e. The van der Waals surface area contributed by atoms with E-state index in [0.29, 0.717) is 16.4 Å². The summed E-state index contributed by atoms with van der Waals surface area (Å²) in [6.07, 6.45) is 8.58.